The van der Waals surface area contributed by atoms with Crippen LogP contribution < -0.4 is 10.1 Å². The van der Waals surface area contributed by atoms with E-state index >= 15 is 0 Å². The number of nitrogens with one attached hydrogen (secondary N) is 1. The number of amides is 2. The van der Waals surface area contributed by atoms with Crippen LogP contribution in [-0.4, -0.2) is 28.5 Å². The summed E-state index contributed by atoms with van der Waals surface area (Å²) in [6, 6.07) is 8.09. The first-order valence-electron chi connectivity index (χ1n) is 10.5. The fourth-order valence-corrected chi connectivity index (χ4v) is 4.94. The molecule has 7 heteroatoms. The molecular formula is C22H30N4O2S. The highest BCUT2D eigenvalue weighted by Gasteiger charge is 2.24. The summed E-state index contributed by atoms with van der Waals surface area (Å²) in [4.78, 5) is 17.9. The third-order valence-electron chi connectivity index (χ3n) is 5.53. The van der Waals surface area contributed by atoms with E-state index in [0.717, 1.165) is 43.7 Å². The number of ether oxygens (including phenoxy) is 1. The normalized spacial score (nSPS) is 22.5. The second-order valence-electron chi connectivity index (χ2n) is 8.96. The highest BCUT2D eigenvalue weighted by Crippen LogP contribution is 2.29. The van der Waals surface area contributed by atoms with Gasteiger partial charge in [0.05, 0.1) is 18.7 Å². The summed E-state index contributed by atoms with van der Waals surface area (Å²) in [6.45, 7) is 7.83. The fraction of sp³-hybridized carbons (Fsp3) is 0.591. The van der Waals surface area contributed by atoms with Gasteiger partial charge in [-0.05, 0) is 43.2 Å². The molecule has 2 aromatic rings. The molecule has 4 rings (SSSR count). The molecule has 1 saturated heterocycles. The molecule has 1 aliphatic heterocycles. The van der Waals surface area contributed by atoms with Gasteiger partial charge in [0.1, 0.15) is 5.01 Å². The highest BCUT2D eigenvalue weighted by atomic mass is 32.1. The van der Waals surface area contributed by atoms with Crippen LogP contribution in [0, 0.1) is 0 Å². The summed E-state index contributed by atoms with van der Waals surface area (Å²) < 4.78 is 7.63. The van der Waals surface area contributed by atoms with Gasteiger partial charge in [0.25, 0.3) is 0 Å². The number of rotatable bonds is 3. The Morgan fingerprint density at radius 1 is 1.31 bits per heavy atom. The molecule has 2 aliphatic rings. The van der Waals surface area contributed by atoms with Crippen LogP contribution in [0.15, 0.2) is 29.3 Å². The molecule has 2 heterocycles. The van der Waals surface area contributed by atoms with Gasteiger partial charge in [0, 0.05) is 12.0 Å². The summed E-state index contributed by atoms with van der Waals surface area (Å²) in [5.74, 6) is 0. The van der Waals surface area contributed by atoms with Crippen molar-refractivity contribution in [2.24, 2.45) is 4.99 Å². The average molecular weight is 415 g/mol. The fourth-order valence-electron chi connectivity index (χ4n) is 3.97. The number of hydrogen-bond acceptors (Lipinski definition) is 4. The lowest BCUT2D eigenvalue weighted by Crippen LogP contribution is -2.31. The van der Waals surface area contributed by atoms with Crippen LogP contribution in [0.5, 0.6) is 0 Å². The van der Waals surface area contributed by atoms with Crippen molar-refractivity contribution in [1.29, 1.82) is 0 Å². The first kappa shape index (κ1) is 20.3. The van der Waals surface area contributed by atoms with Gasteiger partial charge in [-0.25, -0.2) is 9.48 Å². The van der Waals surface area contributed by atoms with Crippen molar-refractivity contribution >= 4 is 17.4 Å². The van der Waals surface area contributed by atoms with E-state index in [9.17, 15) is 4.79 Å². The summed E-state index contributed by atoms with van der Waals surface area (Å²) in [7, 11) is 0. The maximum absolute atomic E-state index is 12.8. The van der Waals surface area contributed by atoms with Crippen molar-refractivity contribution in [3.8, 4) is 0 Å². The number of fused-ring (bicyclic) bond motifs is 1. The maximum Gasteiger partial charge on any atom is 0.344 e. The molecule has 2 amide bonds. The van der Waals surface area contributed by atoms with Crippen molar-refractivity contribution in [2.45, 2.75) is 77.0 Å². The summed E-state index contributed by atoms with van der Waals surface area (Å²) in [6.07, 6.45) is 5.36. The molecule has 0 radical (unpaired) electrons. The molecule has 1 aromatic carbocycles. The minimum atomic E-state index is -0.295. The van der Waals surface area contributed by atoms with E-state index in [1.165, 1.54) is 22.5 Å². The number of urea groups is 1. The largest absolute Gasteiger partial charge is 0.376 e. The highest BCUT2D eigenvalue weighted by molar-refractivity contribution is 7.09. The van der Waals surface area contributed by atoms with Gasteiger partial charge in [-0.3, -0.25) is 0 Å². The third kappa shape index (κ3) is 4.78. The Labute approximate surface area is 176 Å². The Kier molecular flexibility index (Phi) is 5.88. The Morgan fingerprint density at radius 3 is 2.90 bits per heavy atom. The quantitative estimate of drug-likeness (QED) is 0.822. The topological polar surface area (TPSA) is 68.5 Å². The van der Waals surface area contributed by atoms with Gasteiger partial charge in [-0.15, -0.1) is 0 Å². The molecule has 0 spiro atoms. The van der Waals surface area contributed by atoms with Crippen LogP contribution in [0.1, 0.15) is 68.6 Å². The first-order chi connectivity index (χ1) is 13.9. The van der Waals surface area contributed by atoms with Crippen LogP contribution in [0.2, 0.25) is 0 Å². The molecule has 29 heavy (non-hydrogen) atoms. The van der Waals surface area contributed by atoms with Crippen molar-refractivity contribution < 1.29 is 9.53 Å². The Balaban J connectivity index is 1.58. The molecule has 156 valence electrons. The van der Waals surface area contributed by atoms with E-state index < -0.39 is 0 Å². The van der Waals surface area contributed by atoms with Crippen molar-refractivity contribution in [2.75, 3.05) is 6.61 Å². The van der Waals surface area contributed by atoms with E-state index in [1.54, 1.807) is 0 Å². The standard InChI is InChI=1S/C22H30N4O2S/c1-22(2,3)19-25-26(14-16-10-7-13-28-16)21(29-19)24-20(27)23-18-12-6-9-15-8-4-5-11-17(15)18/h4-5,8,11,16,18H,6-7,9-10,12-14H2,1-3H3,(H,23,27)/t16-,18?/m1/s1. The van der Waals surface area contributed by atoms with Crippen molar-refractivity contribution in [3.63, 3.8) is 0 Å². The second-order valence-corrected chi connectivity index (χ2v) is 9.92. The average Bonchev–Trinajstić information content (AvgIpc) is 3.32. The SMILES string of the molecule is CC(C)(C)c1nn(C[C@H]2CCCO2)c(=NC(=O)NC2CCCc3ccccc32)s1. The summed E-state index contributed by atoms with van der Waals surface area (Å²) in [5, 5.41) is 8.86. The van der Waals surface area contributed by atoms with Gasteiger partial charge in [-0.2, -0.15) is 10.1 Å². The number of aromatic nitrogens is 2. The predicted molar refractivity (Wildman–Crippen MR) is 114 cm³/mol. The Morgan fingerprint density at radius 2 is 2.14 bits per heavy atom. The van der Waals surface area contributed by atoms with Gasteiger partial charge in [-0.1, -0.05) is 56.4 Å². The number of hydrogen-bond donors (Lipinski definition) is 1. The molecule has 1 N–H and O–H groups in total. The molecule has 2 atom stereocenters. The zero-order chi connectivity index (χ0) is 20.4. The predicted octanol–water partition coefficient (Wildman–Crippen LogP) is 4.11. The smallest absolute Gasteiger partial charge is 0.344 e. The molecule has 1 unspecified atom stereocenters. The van der Waals surface area contributed by atoms with Crippen LogP contribution in [0.3, 0.4) is 0 Å². The van der Waals surface area contributed by atoms with E-state index in [1.807, 2.05) is 10.7 Å². The minimum Gasteiger partial charge on any atom is -0.376 e. The van der Waals surface area contributed by atoms with E-state index in [4.69, 9.17) is 9.84 Å². The van der Waals surface area contributed by atoms with Crippen LogP contribution in [-0.2, 0) is 23.1 Å². The third-order valence-corrected chi connectivity index (χ3v) is 6.90. The number of nitrogens with zero attached hydrogens (tertiary/aromatic N) is 3. The molecule has 1 aromatic heterocycles. The number of benzene rings is 1. The minimum absolute atomic E-state index is 0.0258. The lowest BCUT2D eigenvalue weighted by Gasteiger charge is -2.25. The zero-order valence-corrected chi connectivity index (χ0v) is 18.3. The van der Waals surface area contributed by atoms with Crippen molar-refractivity contribution in [1.82, 2.24) is 15.1 Å². The van der Waals surface area contributed by atoms with Gasteiger partial charge < -0.3 is 10.1 Å². The zero-order valence-electron chi connectivity index (χ0n) is 17.5. The first-order valence-corrected chi connectivity index (χ1v) is 11.3. The van der Waals surface area contributed by atoms with Crippen LogP contribution in [0.25, 0.3) is 0 Å². The number of aryl methyl sites for hydroxylation is 1. The number of carbonyl (C=O) groups is 1. The molecular weight excluding hydrogens is 384 g/mol. The van der Waals surface area contributed by atoms with Crippen molar-refractivity contribution in [3.05, 3.63) is 45.2 Å². The van der Waals surface area contributed by atoms with E-state index in [2.05, 4.69) is 49.3 Å². The van der Waals surface area contributed by atoms with Gasteiger partial charge >= 0.3 is 6.03 Å². The summed E-state index contributed by atoms with van der Waals surface area (Å²) >= 11 is 1.49. The second kappa shape index (κ2) is 8.40. The lowest BCUT2D eigenvalue weighted by molar-refractivity contribution is 0.0928. The van der Waals surface area contributed by atoms with E-state index in [0.29, 0.717) is 11.3 Å². The Bertz CT molecular complexity index is 935. The number of carbonyl (C=O) groups excluding carboxylic acids is 1. The maximum atomic E-state index is 12.8. The van der Waals surface area contributed by atoms with Crippen LogP contribution >= 0.6 is 11.3 Å². The van der Waals surface area contributed by atoms with Crippen LogP contribution in [0.4, 0.5) is 4.79 Å². The molecule has 6 nitrogen and oxygen atoms in total. The lowest BCUT2D eigenvalue weighted by atomic mass is 9.88. The van der Waals surface area contributed by atoms with E-state index in [-0.39, 0.29) is 23.6 Å². The summed E-state index contributed by atoms with van der Waals surface area (Å²) in [5.41, 5.74) is 2.45. The molecule has 0 saturated carbocycles. The molecule has 1 aliphatic carbocycles. The Hall–Kier alpha value is -1.99. The molecule has 0 bridgehead atoms. The molecule has 1 fully saturated rings. The van der Waals surface area contributed by atoms with Gasteiger partial charge in [0.2, 0.25) is 4.80 Å². The monoisotopic (exact) mass is 414 g/mol. The van der Waals surface area contributed by atoms with Gasteiger partial charge in [0.15, 0.2) is 0 Å².